The number of amides is 1. The lowest BCUT2D eigenvalue weighted by molar-refractivity contribution is -0.121. The Morgan fingerprint density at radius 3 is 2.52 bits per heavy atom. The zero-order valence-corrected chi connectivity index (χ0v) is 17.9. The maximum atomic E-state index is 12.8. The maximum absolute atomic E-state index is 12.8. The Balaban J connectivity index is 1.50. The minimum Gasteiger partial charge on any atom is -0.345 e. The lowest BCUT2D eigenvalue weighted by Gasteiger charge is -2.19. The lowest BCUT2D eigenvalue weighted by Crippen LogP contribution is -2.30. The summed E-state index contributed by atoms with van der Waals surface area (Å²) in [6.45, 7) is 0. The molecule has 29 heavy (non-hydrogen) atoms. The van der Waals surface area contributed by atoms with Gasteiger partial charge >= 0.3 is 0 Å². The van der Waals surface area contributed by atoms with E-state index in [0.29, 0.717) is 0 Å². The summed E-state index contributed by atoms with van der Waals surface area (Å²) in [4.78, 5) is 21.5. The summed E-state index contributed by atoms with van der Waals surface area (Å²) < 4.78 is 1.01. The molecule has 0 aliphatic heterocycles. The first-order valence-corrected chi connectivity index (χ1v) is 10.8. The number of pyridine rings is 1. The van der Waals surface area contributed by atoms with Gasteiger partial charge in [-0.2, -0.15) is 0 Å². The fourth-order valence-corrected chi connectivity index (χ4v) is 4.30. The number of aromatic nitrogens is 2. The van der Waals surface area contributed by atoms with Crippen LogP contribution in [0.2, 0.25) is 0 Å². The van der Waals surface area contributed by atoms with Crippen molar-refractivity contribution in [2.75, 3.05) is 0 Å². The third-order valence-corrected chi connectivity index (χ3v) is 5.88. The van der Waals surface area contributed by atoms with Crippen molar-refractivity contribution >= 4 is 33.2 Å². The first kappa shape index (κ1) is 19.5. The highest BCUT2D eigenvalue weighted by molar-refractivity contribution is 9.10. The van der Waals surface area contributed by atoms with Gasteiger partial charge < -0.3 is 5.32 Å². The second kappa shape index (κ2) is 9.11. The molecule has 2 aromatic heterocycles. The number of hydrogen-bond donors (Lipinski definition) is 1. The third-order valence-electron chi connectivity index (χ3n) is 4.44. The molecule has 4 aromatic rings. The second-order valence-corrected chi connectivity index (χ2v) is 8.30. The van der Waals surface area contributed by atoms with Gasteiger partial charge in [0.25, 0.3) is 0 Å². The van der Waals surface area contributed by atoms with Crippen molar-refractivity contribution < 1.29 is 4.79 Å². The Morgan fingerprint density at radius 2 is 1.76 bits per heavy atom. The van der Waals surface area contributed by atoms with E-state index in [1.54, 1.807) is 23.7 Å². The van der Waals surface area contributed by atoms with E-state index in [2.05, 4.69) is 31.2 Å². The molecule has 0 spiro atoms. The van der Waals surface area contributed by atoms with E-state index in [9.17, 15) is 4.79 Å². The van der Waals surface area contributed by atoms with Gasteiger partial charge in [0.2, 0.25) is 5.91 Å². The SMILES string of the molecule is O=C(Cc1csc(-c2cccc(Br)c2)n1)NC(c1ccccc1)c1ccncc1. The van der Waals surface area contributed by atoms with Gasteiger partial charge in [0, 0.05) is 27.8 Å². The van der Waals surface area contributed by atoms with Gasteiger partial charge in [-0.25, -0.2) is 4.98 Å². The molecule has 0 saturated carbocycles. The number of nitrogens with zero attached hydrogens (tertiary/aromatic N) is 2. The second-order valence-electron chi connectivity index (χ2n) is 6.52. The minimum absolute atomic E-state index is 0.0678. The van der Waals surface area contributed by atoms with Crippen molar-refractivity contribution in [1.29, 1.82) is 0 Å². The molecule has 1 N–H and O–H groups in total. The largest absolute Gasteiger partial charge is 0.345 e. The Bertz CT molecular complexity index is 1060. The lowest BCUT2D eigenvalue weighted by atomic mass is 9.99. The quantitative estimate of drug-likeness (QED) is 0.415. The zero-order chi connectivity index (χ0) is 20.1. The highest BCUT2D eigenvalue weighted by atomic mass is 79.9. The van der Waals surface area contributed by atoms with Crippen molar-refractivity contribution in [3.63, 3.8) is 0 Å². The Hall–Kier alpha value is -2.83. The van der Waals surface area contributed by atoms with Crippen molar-refractivity contribution in [3.05, 3.63) is 106 Å². The van der Waals surface area contributed by atoms with Crippen LogP contribution >= 0.6 is 27.3 Å². The van der Waals surface area contributed by atoms with Gasteiger partial charge in [0.1, 0.15) is 5.01 Å². The highest BCUT2D eigenvalue weighted by Gasteiger charge is 2.18. The number of carbonyl (C=O) groups is 1. The number of rotatable bonds is 6. The van der Waals surface area contributed by atoms with Gasteiger partial charge in [-0.15, -0.1) is 11.3 Å². The number of halogens is 1. The van der Waals surface area contributed by atoms with Crippen LogP contribution in [-0.4, -0.2) is 15.9 Å². The van der Waals surface area contributed by atoms with Crippen molar-refractivity contribution in [2.45, 2.75) is 12.5 Å². The molecule has 2 aromatic carbocycles. The predicted molar refractivity (Wildman–Crippen MR) is 120 cm³/mol. The Labute approximate surface area is 181 Å². The molecular weight excluding hydrogens is 446 g/mol. The number of hydrogen-bond acceptors (Lipinski definition) is 4. The van der Waals surface area contributed by atoms with E-state index in [-0.39, 0.29) is 18.4 Å². The smallest absolute Gasteiger partial charge is 0.226 e. The van der Waals surface area contributed by atoms with Gasteiger partial charge in [-0.1, -0.05) is 58.4 Å². The monoisotopic (exact) mass is 463 g/mol. The van der Waals surface area contributed by atoms with Crippen molar-refractivity contribution in [3.8, 4) is 10.6 Å². The number of carbonyl (C=O) groups excluding carboxylic acids is 1. The molecule has 1 atom stereocenters. The summed E-state index contributed by atoms with van der Waals surface area (Å²) in [6, 6.07) is 21.6. The molecule has 144 valence electrons. The summed E-state index contributed by atoms with van der Waals surface area (Å²) in [5.41, 5.74) is 3.83. The molecule has 0 bridgehead atoms. The molecular formula is C23H18BrN3OS. The first-order chi connectivity index (χ1) is 14.2. The molecule has 1 unspecified atom stereocenters. The van der Waals surface area contributed by atoms with Gasteiger partial charge in [0.05, 0.1) is 18.2 Å². The highest BCUT2D eigenvalue weighted by Crippen LogP contribution is 2.27. The van der Waals surface area contributed by atoms with E-state index in [1.807, 2.05) is 72.1 Å². The first-order valence-electron chi connectivity index (χ1n) is 9.13. The van der Waals surface area contributed by atoms with Crippen molar-refractivity contribution in [2.24, 2.45) is 0 Å². The molecule has 0 aliphatic rings. The molecule has 0 radical (unpaired) electrons. The Kier molecular flexibility index (Phi) is 6.12. The fourth-order valence-electron chi connectivity index (χ4n) is 3.08. The van der Waals surface area contributed by atoms with E-state index >= 15 is 0 Å². The topological polar surface area (TPSA) is 54.9 Å². The number of thiazole rings is 1. The zero-order valence-electron chi connectivity index (χ0n) is 15.5. The Morgan fingerprint density at radius 1 is 1.00 bits per heavy atom. The summed E-state index contributed by atoms with van der Waals surface area (Å²) in [5.74, 6) is -0.0678. The van der Waals surface area contributed by atoms with E-state index in [1.165, 1.54) is 0 Å². The van der Waals surface area contributed by atoms with Crippen LogP contribution in [0.15, 0.2) is 89.0 Å². The van der Waals surface area contributed by atoms with Crippen LogP contribution in [0.5, 0.6) is 0 Å². The van der Waals surface area contributed by atoms with E-state index < -0.39 is 0 Å². The summed E-state index contributed by atoms with van der Waals surface area (Å²) in [6.07, 6.45) is 3.71. The molecule has 4 rings (SSSR count). The number of nitrogens with one attached hydrogen (secondary N) is 1. The van der Waals surface area contributed by atoms with Crippen LogP contribution in [0.3, 0.4) is 0 Å². The average Bonchev–Trinajstić information content (AvgIpc) is 3.22. The standard InChI is InChI=1S/C23H18BrN3OS/c24-19-8-4-7-18(13-19)23-26-20(15-29-23)14-21(28)27-22(16-5-2-1-3-6-16)17-9-11-25-12-10-17/h1-13,15,22H,14H2,(H,27,28). The molecule has 2 heterocycles. The molecule has 4 nitrogen and oxygen atoms in total. The van der Waals surface area contributed by atoms with Crippen LogP contribution in [0.25, 0.3) is 10.6 Å². The van der Waals surface area contributed by atoms with Crippen LogP contribution in [0.1, 0.15) is 22.9 Å². The average molecular weight is 464 g/mol. The molecule has 1 amide bonds. The third kappa shape index (κ3) is 4.96. The van der Waals surface area contributed by atoms with Crippen LogP contribution in [0.4, 0.5) is 0 Å². The predicted octanol–water partition coefficient (Wildman–Crippen LogP) is 5.42. The maximum Gasteiger partial charge on any atom is 0.226 e. The fraction of sp³-hybridized carbons (Fsp3) is 0.0870. The van der Waals surface area contributed by atoms with Gasteiger partial charge in [-0.3, -0.25) is 9.78 Å². The summed E-state index contributed by atoms with van der Waals surface area (Å²) in [7, 11) is 0. The number of benzene rings is 2. The molecule has 0 saturated heterocycles. The van der Waals surface area contributed by atoms with Gasteiger partial charge in [0.15, 0.2) is 0 Å². The van der Waals surface area contributed by atoms with Gasteiger partial charge in [-0.05, 0) is 35.4 Å². The summed E-state index contributed by atoms with van der Waals surface area (Å²) >= 11 is 5.03. The van der Waals surface area contributed by atoms with Crippen LogP contribution in [-0.2, 0) is 11.2 Å². The molecule has 0 fully saturated rings. The van der Waals surface area contributed by atoms with E-state index in [0.717, 1.165) is 31.9 Å². The van der Waals surface area contributed by atoms with E-state index in [4.69, 9.17) is 0 Å². The summed E-state index contributed by atoms with van der Waals surface area (Å²) in [5, 5.41) is 6.00. The normalized spacial score (nSPS) is 11.8. The van der Waals surface area contributed by atoms with Crippen LogP contribution < -0.4 is 5.32 Å². The molecule has 6 heteroatoms. The molecule has 0 aliphatic carbocycles. The van der Waals surface area contributed by atoms with Crippen LogP contribution in [0, 0.1) is 0 Å². The van der Waals surface area contributed by atoms with Crippen molar-refractivity contribution in [1.82, 2.24) is 15.3 Å². The minimum atomic E-state index is -0.227.